The van der Waals surface area contributed by atoms with Crippen molar-refractivity contribution in [3.05, 3.63) is 11.1 Å². The Labute approximate surface area is 84.6 Å². The molecule has 2 nitrogen and oxygen atoms in total. The van der Waals surface area contributed by atoms with Crippen LogP contribution in [0.3, 0.4) is 0 Å². The van der Waals surface area contributed by atoms with Crippen molar-refractivity contribution >= 4 is 17.6 Å². The molecule has 0 saturated heterocycles. The molecule has 0 aromatic heterocycles. The van der Waals surface area contributed by atoms with Gasteiger partial charge in [-0.05, 0) is 18.8 Å². The van der Waals surface area contributed by atoms with Gasteiger partial charge < -0.3 is 5.11 Å². The van der Waals surface area contributed by atoms with Gasteiger partial charge in [-0.3, -0.25) is 4.79 Å². The summed E-state index contributed by atoms with van der Waals surface area (Å²) in [7, 11) is 0. The topological polar surface area (TPSA) is 37.3 Å². The van der Waals surface area contributed by atoms with Crippen LogP contribution in [0.4, 0.5) is 0 Å². The molecule has 1 atom stereocenters. The normalized spacial score (nSPS) is 15.6. The van der Waals surface area contributed by atoms with Crippen molar-refractivity contribution in [3.8, 4) is 0 Å². The highest BCUT2D eigenvalue weighted by Gasteiger charge is 2.30. The van der Waals surface area contributed by atoms with Crippen LogP contribution in [0.5, 0.6) is 0 Å². The van der Waals surface area contributed by atoms with E-state index in [9.17, 15) is 4.79 Å². The van der Waals surface area contributed by atoms with Gasteiger partial charge in [0.2, 0.25) is 0 Å². The molecule has 76 valence electrons. The average molecular weight is 205 g/mol. The Balaban J connectivity index is 4.56. The molecule has 0 saturated carbocycles. The first kappa shape index (κ1) is 12.5. The summed E-state index contributed by atoms with van der Waals surface area (Å²) in [6, 6.07) is 0. The number of allylic oxidation sites excluding steroid dienone is 1. The number of hydrogen-bond donors (Lipinski definition) is 1. The monoisotopic (exact) mass is 204 g/mol. The zero-order chi connectivity index (χ0) is 10.6. The summed E-state index contributed by atoms with van der Waals surface area (Å²) in [5, 5.41) is 8.98. The number of carbonyl (C=O) groups is 1. The molecular weight excluding hydrogens is 188 g/mol. The highest BCUT2D eigenvalue weighted by molar-refractivity contribution is 6.25. The molecule has 0 amide bonds. The number of carboxylic acids is 1. The summed E-state index contributed by atoms with van der Waals surface area (Å²) in [6.07, 6.45) is 0.516. The number of rotatable bonds is 3. The van der Waals surface area contributed by atoms with Crippen LogP contribution in [0.25, 0.3) is 0 Å². The van der Waals surface area contributed by atoms with Gasteiger partial charge in [0.1, 0.15) is 0 Å². The predicted octanol–water partition coefficient (Wildman–Crippen LogP) is 3.27. The van der Waals surface area contributed by atoms with E-state index >= 15 is 0 Å². The van der Waals surface area contributed by atoms with E-state index in [0.29, 0.717) is 6.42 Å². The third-order valence-electron chi connectivity index (χ3n) is 2.06. The van der Waals surface area contributed by atoms with E-state index in [2.05, 4.69) is 0 Å². The molecule has 0 aliphatic carbocycles. The summed E-state index contributed by atoms with van der Waals surface area (Å²) >= 11 is 5.50. The van der Waals surface area contributed by atoms with Crippen LogP contribution in [-0.2, 0) is 4.79 Å². The van der Waals surface area contributed by atoms with Crippen molar-refractivity contribution in [1.82, 2.24) is 0 Å². The molecular formula is C10H17ClO2. The molecule has 0 radical (unpaired) electrons. The lowest BCUT2D eigenvalue weighted by Gasteiger charge is -2.27. The highest BCUT2D eigenvalue weighted by atomic mass is 35.5. The number of carboxylic acid groups (broad SMARTS) is 1. The van der Waals surface area contributed by atoms with Gasteiger partial charge >= 0.3 is 5.97 Å². The fourth-order valence-electron chi connectivity index (χ4n) is 1.13. The second-order valence-corrected chi connectivity index (χ2v) is 4.63. The van der Waals surface area contributed by atoms with E-state index in [0.717, 1.165) is 5.57 Å². The van der Waals surface area contributed by atoms with Crippen molar-refractivity contribution in [2.75, 3.05) is 0 Å². The van der Waals surface area contributed by atoms with Crippen LogP contribution in [0, 0.1) is 11.3 Å². The zero-order valence-electron chi connectivity index (χ0n) is 8.60. The first-order valence-corrected chi connectivity index (χ1v) is 4.71. The minimum absolute atomic E-state index is 0.229. The van der Waals surface area contributed by atoms with Crippen LogP contribution in [0.1, 0.15) is 34.1 Å². The van der Waals surface area contributed by atoms with Gasteiger partial charge in [0.25, 0.3) is 0 Å². The maximum Gasteiger partial charge on any atom is 0.307 e. The summed E-state index contributed by atoms with van der Waals surface area (Å²) in [6.45, 7) is 7.61. The van der Waals surface area contributed by atoms with Crippen LogP contribution in [0.2, 0.25) is 0 Å². The molecule has 1 N–H and O–H groups in total. The Hall–Kier alpha value is -0.500. The molecule has 0 aromatic carbocycles. The third-order valence-corrected chi connectivity index (χ3v) is 2.43. The minimum Gasteiger partial charge on any atom is -0.481 e. The van der Waals surface area contributed by atoms with Gasteiger partial charge in [-0.25, -0.2) is 0 Å². The Morgan fingerprint density at radius 3 is 2.23 bits per heavy atom. The first-order valence-electron chi connectivity index (χ1n) is 4.27. The standard InChI is InChI=1S/C10H17ClO2/c1-7(6-11)5-8(9(12)13)10(2,3)4/h6,8H,5H2,1-4H3,(H,12,13). The van der Waals surface area contributed by atoms with Gasteiger partial charge in [0.05, 0.1) is 5.92 Å². The quantitative estimate of drug-likeness (QED) is 0.766. The van der Waals surface area contributed by atoms with E-state index in [4.69, 9.17) is 16.7 Å². The molecule has 13 heavy (non-hydrogen) atoms. The third kappa shape index (κ3) is 4.32. The second-order valence-electron chi connectivity index (χ2n) is 4.42. The van der Waals surface area contributed by atoms with Gasteiger partial charge in [-0.1, -0.05) is 37.9 Å². The van der Waals surface area contributed by atoms with Crippen LogP contribution >= 0.6 is 11.6 Å². The van der Waals surface area contributed by atoms with Crippen molar-refractivity contribution in [3.63, 3.8) is 0 Å². The van der Waals surface area contributed by atoms with Crippen LogP contribution in [-0.4, -0.2) is 11.1 Å². The summed E-state index contributed by atoms with van der Waals surface area (Å²) in [4.78, 5) is 10.9. The van der Waals surface area contributed by atoms with E-state index < -0.39 is 5.97 Å². The highest BCUT2D eigenvalue weighted by Crippen LogP contribution is 2.31. The smallest absolute Gasteiger partial charge is 0.307 e. The van der Waals surface area contributed by atoms with E-state index in [1.807, 2.05) is 27.7 Å². The lowest BCUT2D eigenvalue weighted by atomic mass is 9.77. The second kappa shape index (κ2) is 4.66. The maximum atomic E-state index is 10.9. The minimum atomic E-state index is -0.759. The summed E-state index contributed by atoms with van der Waals surface area (Å²) in [5.41, 5.74) is 2.12. The maximum absolute atomic E-state index is 10.9. The Morgan fingerprint density at radius 1 is 1.54 bits per heavy atom. The van der Waals surface area contributed by atoms with Crippen molar-refractivity contribution in [2.24, 2.45) is 11.3 Å². The molecule has 0 aliphatic rings. The Morgan fingerprint density at radius 2 is 2.00 bits per heavy atom. The zero-order valence-corrected chi connectivity index (χ0v) is 9.35. The fraction of sp³-hybridized carbons (Fsp3) is 0.700. The fourth-order valence-corrected chi connectivity index (χ4v) is 1.22. The first-order chi connectivity index (χ1) is 5.79. The molecule has 0 bridgehead atoms. The van der Waals surface area contributed by atoms with Crippen LogP contribution in [0.15, 0.2) is 11.1 Å². The molecule has 0 spiro atoms. The molecule has 0 aliphatic heterocycles. The van der Waals surface area contributed by atoms with Crippen LogP contribution < -0.4 is 0 Å². The molecule has 1 unspecified atom stereocenters. The molecule has 0 aromatic rings. The summed E-state index contributed by atoms with van der Waals surface area (Å²) in [5.74, 6) is -1.13. The van der Waals surface area contributed by atoms with Gasteiger partial charge in [-0.2, -0.15) is 0 Å². The lowest BCUT2D eigenvalue weighted by molar-refractivity contribution is -0.145. The van der Waals surface area contributed by atoms with Crippen molar-refractivity contribution in [2.45, 2.75) is 34.1 Å². The molecule has 0 heterocycles. The predicted molar refractivity (Wildman–Crippen MR) is 54.8 cm³/mol. The number of aliphatic carboxylic acids is 1. The molecule has 0 rings (SSSR count). The van der Waals surface area contributed by atoms with Crippen molar-refractivity contribution in [1.29, 1.82) is 0 Å². The van der Waals surface area contributed by atoms with E-state index in [-0.39, 0.29) is 11.3 Å². The van der Waals surface area contributed by atoms with Crippen molar-refractivity contribution < 1.29 is 9.90 Å². The van der Waals surface area contributed by atoms with Gasteiger partial charge in [-0.15, -0.1) is 0 Å². The summed E-state index contributed by atoms with van der Waals surface area (Å²) < 4.78 is 0. The van der Waals surface area contributed by atoms with Gasteiger partial charge in [0, 0.05) is 5.54 Å². The lowest BCUT2D eigenvalue weighted by Crippen LogP contribution is -2.28. The van der Waals surface area contributed by atoms with E-state index in [1.54, 1.807) is 0 Å². The largest absolute Gasteiger partial charge is 0.481 e. The molecule has 0 fully saturated rings. The van der Waals surface area contributed by atoms with E-state index in [1.165, 1.54) is 5.54 Å². The number of hydrogen-bond acceptors (Lipinski definition) is 1. The molecule has 3 heteroatoms. The Kier molecular flexibility index (Phi) is 4.48. The SMILES string of the molecule is CC(=CCl)CC(C(=O)O)C(C)(C)C. The number of halogens is 1. The Bertz CT molecular complexity index is 213. The average Bonchev–Trinajstić information content (AvgIpc) is 1.96. The van der Waals surface area contributed by atoms with Gasteiger partial charge in [0.15, 0.2) is 0 Å².